The highest BCUT2D eigenvalue weighted by Crippen LogP contribution is 2.26. The van der Waals surface area contributed by atoms with Crippen LogP contribution in [0.4, 0.5) is 10.8 Å². The quantitative estimate of drug-likeness (QED) is 0.373. The van der Waals surface area contributed by atoms with Crippen molar-refractivity contribution >= 4 is 45.2 Å². The smallest absolute Gasteiger partial charge is 0.188 e. The van der Waals surface area contributed by atoms with E-state index in [2.05, 4.69) is 45.2 Å². The zero-order valence-electron chi connectivity index (χ0n) is 16.1. The van der Waals surface area contributed by atoms with Crippen LogP contribution in [0.1, 0.15) is 55.2 Å². The number of thiazole rings is 1. The number of thiocarbonyl (C=S) groups is 1. The second-order valence-corrected chi connectivity index (χ2v) is 8.45. The fraction of sp³-hybridized carbons (Fsp3) is 0.450. The maximum Gasteiger partial charge on any atom is 0.188 e. The molecule has 27 heavy (non-hydrogen) atoms. The van der Waals surface area contributed by atoms with E-state index in [4.69, 9.17) is 12.2 Å². The molecule has 2 aromatic rings. The standard InChI is InChI=1S/C20H27N5S2/c1-13-8-7-11-17(12-13)23-20-21-14(2)18(27-20)15(3)24-25-19(26)22-16-9-5-4-6-10-16/h7-8,11-12,16H,4-6,9-10H2,1-3H3,(H,21,23)(H2,22,25,26)/b24-15-. The Balaban J connectivity index is 1.60. The normalized spacial score (nSPS) is 15.4. The van der Waals surface area contributed by atoms with E-state index < -0.39 is 0 Å². The lowest BCUT2D eigenvalue weighted by Gasteiger charge is -2.23. The van der Waals surface area contributed by atoms with Crippen molar-refractivity contribution < 1.29 is 0 Å². The van der Waals surface area contributed by atoms with E-state index in [-0.39, 0.29) is 0 Å². The second kappa shape index (κ2) is 9.28. The molecule has 0 amide bonds. The van der Waals surface area contributed by atoms with Gasteiger partial charge in [0.2, 0.25) is 0 Å². The molecule has 0 radical (unpaired) electrons. The van der Waals surface area contributed by atoms with Gasteiger partial charge in [0.05, 0.1) is 16.3 Å². The van der Waals surface area contributed by atoms with Crippen LogP contribution in [0.5, 0.6) is 0 Å². The maximum atomic E-state index is 5.39. The number of nitrogens with zero attached hydrogens (tertiary/aromatic N) is 2. The van der Waals surface area contributed by atoms with E-state index >= 15 is 0 Å². The number of nitrogens with one attached hydrogen (secondary N) is 3. The van der Waals surface area contributed by atoms with Gasteiger partial charge in [0.1, 0.15) is 0 Å². The molecule has 0 spiro atoms. The Morgan fingerprint density at radius 3 is 2.74 bits per heavy atom. The van der Waals surface area contributed by atoms with Crippen molar-refractivity contribution in [2.75, 3.05) is 5.32 Å². The molecular formula is C20H27N5S2. The first-order valence-electron chi connectivity index (χ1n) is 9.43. The largest absolute Gasteiger partial charge is 0.359 e. The second-order valence-electron chi connectivity index (χ2n) is 7.05. The van der Waals surface area contributed by atoms with Crippen LogP contribution < -0.4 is 16.1 Å². The molecule has 5 nitrogen and oxygen atoms in total. The molecule has 3 rings (SSSR count). The molecule has 1 aliphatic carbocycles. The predicted molar refractivity (Wildman–Crippen MR) is 119 cm³/mol. The number of benzene rings is 1. The maximum absolute atomic E-state index is 5.39. The highest BCUT2D eigenvalue weighted by Gasteiger charge is 2.14. The molecule has 144 valence electrons. The van der Waals surface area contributed by atoms with Crippen molar-refractivity contribution in [1.82, 2.24) is 15.7 Å². The summed E-state index contributed by atoms with van der Waals surface area (Å²) in [6, 6.07) is 8.74. The fourth-order valence-electron chi connectivity index (χ4n) is 3.28. The van der Waals surface area contributed by atoms with Gasteiger partial charge < -0.3 is 10.6 Å². The van der Waals surface area contributed by atoms with Gasteiger partial charge in [-0.05, 0) is 63.5 Å². The number of aryl methyl sites for hydroxylation is 2. The first-order valence-corrected chi connectivity index (χ1v) is 10.7. The van der Waals surface area contributed by atoms with Crippen molar-refractivity contribution in [2.24, 2.45) is 5.10 Å². The zero-order valence-corrected chi connectivity index (χ0v) is 17.8. The fourth-order valence-corrected chi connectivity index (χ4v) is 4.43. The van der Waals surface area contributed by atoms with Crippen LogP contribution in [-0.4, -0.2) is 21.8 Å². The molecule has 0 aliphatic heterocycles. The molecular weight excluding hydrogens is 374 g/mol. The van der Waals surface area contributed by atoms with Gasteiger partial charge in [0, 0.05) is 11.7 Å². The summed E-state index contributed by atoms with van der Waals surface area (Å²) in [4.78, 5) is 5.68. The number of rotatable bonds is 5. The van der Waals surface area contributed by atoms with Crippen LogP contribution in [0, 0.1) is 13.8 Å². The minimum Gasteiger partial charge on any atom is -0.359 e. The van der Waals surface area contributed by atoms with Gasteiger partial charge in [0.15, 0.2) is 10.2 Å². The van der Waals surface area contributed by atoms with E-state index in [1.807, 2.05) is 26.0 Å². The average molecular weight is 402 g/mol. The Hall–Kier alpha value is -1.99. The predicted octanol–water partition coefficient (Wildman–Crippen LogP) is 5.02. The summed E-state index contributed by atoms with van der Waals surface area (Å²) < 4.78 is 0. The Morgan fingerprint density at radius 1 is 1.22 bits per heavy atom. The molecule has 1 fully saturated rings. The minimum absolute atomic E-state index is 0.476. The molecule has 0 atom stereocenters. The molecule has 1 aromatic carbocycles. The third-order valence-corrected chi connectivity index (χ3v) is 6.05. The van der Waals surface area contributed by atoms with E-state index in [0.29, 0.717) is 11.2 Å². The van der Waals surface area contributed by atoms with Crippen LogP contribution in [0.3, 0.4) is 0 Å². The molecule has 3 N–H and O–H groups in total. The lowest BCUT2D eigenvalue weighted by atomic mass is 9.96. The Bertz CT molecular complexity index is 822. The average Bonchev–Trinajstić information content (AvgIpc) is 3.01. The number of hydrazone groups is 1. The Kier molecular flexibility index (Phi) is 6.79. The van der Waals surface area contributed by atoms with Crippen LogP contribution in [0.25, 0.3) is 0 Å². The molecule has 7 heteroatoms. The minimum atomic E-state index is 0.476. The first-order chi connectivity index (χ1) is 13.0. The van der Waals surface area contributed by atoms with Crippen molar-refractivity contribution in [1.29, 1.82) is 0 Å². The molecule has 1 aromatic heterocycles. The summed E-state index contributed by atoms with van der Waals surface area (Å²) in [5, 5.41) is 12.7. The summed E-state index contributed by atoms with van der Waals surface area (Å²) in [5.74, 6) is 0. The van der Waals surface area contributed by atoms with E-state index in [9.17, 15) is 0 Å². The number of hydrogen-bond acceptors (Lipinski definition) is 5. The number of hydrogen-bond donors (Lipinski definition) is 3. The lowest BCUT2D eigenvalue weighted by molar-refractivity contribution is 0.412. The van der Waals surface area contributed by atoms with Crippen molar-refractivity contribution in [3.05, 3.63) is 40.4 Å². The SMILES string of the molecule is C/C(=N/NC(=S)NC1CCCCC1)c1sc(Nc2cccc(C)c2)nc1C. The number of anilines is 2. The van der Waals surface area contributed by atoms with Crippen LogP contribution >= 0.6 is 23.6 Å². The van der Waals surface area contributed by atoms with Gasteiger partial charge in [-0.25, -0.2) is 4.98 Å². The third kappa shape index (κ3) is 5.74. The van der Waals surface area contributed by atoms with Gasteiger partial charge in [-0.3, -0.25) is 5.43 Å². The summed E-state index contributed by atoms with van der Waals surface area (Å²) >= 11 is 6.99. The lowest BCUT2D eigenvalue weighted by Crippen LogP contribution is -2.41. The molecule has 1 heterocycles. The summed E-state index contributed by atoms with van der Waals surface area (Å²) in [7, 11) is 0. The molecule has 0 saturated heterocycles. The highest BCUT2D eigenvalue weighted by atomic mass is 32.1. The third-order valence-electron chi connectivity index (χ3n) is 4.66. The molecule has 0 unspecified atom stereocenters. The van der Waals surface area contributed by atoms with Crippen LogP contribution in [-0.2, 0) is 0 Å². The number of aromatic nitrogens is 1. The van der Waals surface area contributed by atoms with Gasteiger partial charge in [-0.15, -0.1) is 0 Å². The molecule has 1 aliphatic rings. The summed E-state index contributed by atoms with van der Waals surface area (Å²) in [6.07, 6.45) is 6.26. The summed E-state index contributed by atoms with van der Waals surface area (Å²) in [6.45, 7) is 6.06. The van der Waals surface area contributed by atoms with Crippen LogP contribution in [0.2, 0.25) is 0 Å². The van der Waals surface area contributed by atoms with E-state index in [1.54, 1.807) is 11.3 Å². The Morgan fingerprint density at radius 2 is 2.00 bits per heavy atom. The van der Waals surface area contributed by atoms with Gasteiger partial charge >= 0.3 is 0 Å². The van der Waals surface area contributed by atoms with Gasteiger partial charge in [-0.1, -0.05) is 42.7 Å². The summed E-state index contributed by atoms with van der Waals surface area (Å²) in [5.41, 5.74) is 7.09. The molecule has 1 saturated carbocycles. The molecule has 0 bridgehead atoms. The topological polar surface area (TPSA) is 61.3 Å². The van der Waals surface area contributed by atoms with Crippen molar-refractivity contribution in [3.63, 3.8) is 0 Å². The Labute approximate surface area is 170 Å². The van der Waals surface area contributed by atoms with Crippen molar-refractivity contribution in [3.8, 4) is 0 Å². The van der Waals surface area contributed by atoms with Crippen molar-refractivity contribution in [2.45, 2.75) is 58.9 Å². The first kappa shape index (κ1) is 19.8. The van der Waals surface area contributed by atoms with Gasteiger partial charge in [-0.2, -0.15) is 5.10 Å². The monoisotopic (exact) mass is 401 g/mol. The highest BCUT2D eigenvalue weighted by molar-refractivity contribution is 7.80. The van der Waals surface area contributed by atoms with Crippen LogP contribution in [0.15, 0.2) is 29.4 Å². The van der Waals surface area contributed by atoms with Gasteiger partial charge in [0.25, 0.3) is 0 Å². The van der Waals surface area contributed by atoms with E-state index in [1.165, 1.54) is 37.7 Å². The zero-order chi connectivity index (χ0) is 19.2. The van der Waals surface area contributed by atoms with E-state index in [0.717, 1.165) is 27.1 Å².